The van der Waals surface area contributed by atoms with E-state index in [1.165, 1.54) is 11.9 Å². The topological polar surface area (TPSA) is 84.5 Å². The molecular formula is C18H24N2O4S. The molecule has 1 aliphatic rings. The van der Waals surface area contributed by atoms with Crippen LogP contribution in [-0.4, -0.2) is 36.0 Å². The second-order valence-electron chi connectivity index (χ2n) is 6.33. The van der Waals surface area contributed by atoms with Crippen LogP contribution in [0.25, 0.3) is 0 Å². The fourth-order valence-electron chi connectivity index (χ4n) is 2.03. The van der Waals surface area contributed by atoms with Crippen molar-refractivity contribution >= 4 is 30.0 Å². The van der Waals surface area contributed by atoms with E-state index in [0.29, 0.717) is 23.7 Å². The van der Waals surface area contributed by atoms with Crippen LogP contribution in [-0.2, 0) is 20.8 Å². The summed E-state index contributed by atoms with van der Waals surface area (Å²) in [5.74, 6) is 0.0625. The monoisotopic (exact) mass is 364 g/mol. The lowest BCUT2D eigenvalue weighted by Crippen LogP contribution is -2.47. The van der Waals surface area contributed by atoms with Crippen molar-refractivity contribution in [1.82, 2.24) is 10.0 Å². The normalized spacial score (nSPS) is 14.7. The Labute approximate surface area is 152 Å². The molecule has 25 heavy (non-hydrogen) atoms. The van der Waals surface area contributed by atoms with Crippen molar-refractivity contribution in [2.75, 3.05) is 6.61 Å². The summed E-state index contributed by atoms with van der Waals surface area (Å²) in [5, 5.41) is 3.32. The van der Waals surface area contributed by atoms with Crippen LogP contribution in [0.4, 0.5) is 0 Å². The molecule has 1 fully saturated rings. The van der Waals surface area contributed by atoms with E-state index in [9.17, 15) is 14.4 Å². The van der Waals surface area contributed by atoms with E-state index in [1.807, 2.05) is 12.1 Å². The maximum atomic E-state index is 12.4. The number of ether oxygens (including phenoxy) is 1. The molecule has 1 saturated carbocycles. The average molecular weight is 364 g/mol. The number of nitrogens with one attached hydrogen (secondary N) is 2. The quantitative estimate of drug-likeness (QED) is 0.489. The fourth-order valence-corrected chi connectivity index (χ4v) is 2.83. The largest absolute Gasteiger partial charge is 0.486 e. The molecule has 0 aliphatic heterocycles. The highest BCUT2D eigenvalue weighted by Crippen LogP contribution is 2.31. The molecule has 2 amide bonds. The van der Waals surface area contributed by atoms with Gasteiger partial charge in [-0.1, -0.05) is 26.0 Å². The van der Waals surface area contributed by atoms with Gasteiger partial charge in [0.1, 0.15) is 18.4 Å². The lowest BCUT2D eigenvalue weighted by molar-refractivity contribution is -0.129. The fraction of sp³-hybridized carbons (Fsp3) is 0.500. The van der Waals surface area contributed by atoms with Crippen molar-refractivity contribution in [1.29, 1.82) is 0 Å². The van der Waals surface area contributed by atoms with Crippen LogP contribution >= 0.6 is 11.9 Å². The van der Waals surface area contributed by atoms with Crippen LogP contribution in [0.5, 0.6) is 5.75 Å². The van der Waals surface area contributed by atoms with Crippen LogP contribution in [0, 0.1) is 5.92 Å². The minimum Gasteiger partial charge on any atom is -0.486 e. The first-order chi connectivity index (χ1) is 12.0. The minimum atomic E-state index is -0.622. The molecule has 0 spiro atoms. The Hall–Kier alpha value is -2.02. The highest BCUT2D eigenvalue weighted by Gasteiger charge is 2.27. The summed E-state index contributed by atoms with van der Waals surface area (Å²) >= 11 is 1.43. The minimum absolute atomic E-state index is 0.00716. The van der Waals surface area contributed by atoms with Gasteiger partial charge in [0.15, 0.2) is 6.29 Å². The Morgan fingerprint density at radius 1 is 1.24 bits per heavy atom. The van der Waals surface area contributed by atoms with Gasteiger partial charge in [0.2, 0.25) is 5.91 Å². The van der Waals surface area contributed by atoms with E-state index >= 15 is 0 Å². The van der Waals surface area contributed by atoms with Gasteiger partial charge in [-0.05, 0) is 42.5 Å². The molecule has 6 nitrogen and oxygen atoms in total. The van der Waals surface area contributed by atoms with E-state index in [1.54, 1.807) is 26.0 Å². The third-order valence-corrected chi connectivity index (χ3v) is 4.81. The molecule has 1 aliphatic carbocycles. The van der Waals surface area contributed by atoms with Gasteiger partial charge in [0.25, 0.3) is 5.91 Å². The maximum absolute atomic E-state index is 12.4. The molecule has 7 heteroatoms. The maximum Gasteiger partial charge on any atom is 0.252 e. The van der Waals surface area contributed by atoms with Gasteiger partial charge in [-0.2, -0.15) is 0 Å². The summed E-state index contributed by atoms with van der Waals surface area (Å²) in [7, 11) is 0. The molecule has 1 aromatic carbocycles. The van der Waals surface area contributed by atoms with Crippen LogP contribution in [0.1, 0.15) is 32.3 Å². The number of carbonyl (C=O) groups is 3. The lowest BCUT2D eigenvalue weighted by Gasteiger charge is -2.19. The SMILES string of the molecule is CC(C)C(=O)N[C@@H](Cc1ccc(OCC=O)cc1)C(=O)NSC1CC1. The number of carbonyl (C=O) groups excluding carboxylic acids is 3. The van der Waals surface area contributed by atoms with Gasteiger partial charge in [0.05, 0.1) is 0 Å². The lowest BCUT2D eigenvalue weighted by atomic mass is 10.0. The van der Waals surface area contributed by atoms with Crippen molar-refractivity contribution in [2.24, 2.45) is 5.92 Å². The number of rotatable bonds is 10. The van der Waals surface area contributed by atoms with Crippen molar-refractivity contribution in [2.45, 2.75) is 44.4 Å². The summed E-state index contributed by atoms with van der Waals surface area (Å²) in [4.78, 5) is 34.8. The van der Waals surface area contributed by atoms with Crippen molar-refractivity contribution in [3.05, 3.63) is 29.8 Å². The zero-order valence-electron chi connectivity index (χ0n) is 14.5. The second-order valence-corrected chi connectivity index (χ2v) is 7.43. The van der Waals surface area contributed by atoms with Crippen molar-refractivity contribution < 1.29 is 19.1 Å². The third-order valence-electron chi connectivity index (χ3n) is 3.69. The predicted octanol–water partition coefficient (Wildman–Crippen LogP) is 1.87. The molecule has 136 valence electrons. The highest BCUT2D eigenvalue weighted by atomic mass is 32.2. The number of hydrogen-bond donors (Lipinski definition) is 2. The van der Waals surface area contributed by atoms with E-state index in [0.717, 1.165) is 18.4 Å². The average Bonchev–Trinajstić information content (AvgIpc) is 3.42. The van der Waals surface area contributed by atoms with Crippen LogP contribution in [0.15, 0.2) is 24.3 Å². The van der Waals surface area contributed by atoms with Crippen LogP contribution < -0.4 is 14.8 Å². The molecule has 2 rings (SSSR count). The third kappa shape index (κ3) is 6.78. The summed E-state index contributed by atoms with van der Waals surface area (Å²) in [6, 6.07) is 6.53. The van der Waals surface area contributed by atoms with Gasteiger partial charge >= 0.3 is 0 Å². The molecule has 0 radical (unpaired) electrons. The Morgan fingerprint density at radius 3 is 2.48 bits per heavy atom. The summed E-state index contributed by atoms with van der Waals surface area (Å²) < 4.78 is 8.06. The first kappa shape index (κ1) is 19.3. The highest BCUT2D eigenvalue weighted by molar-refractivity contribution is 7.98. The molecule has 1 aromatic rings. The van der Waals surface area contributed by atoms with Gasteiger partial charge < -0.3 is 10.1 Å². The zero-order valence-corrected chi connectivity index (χ0v) is 15.3. The number of amides is 2. The number of benzene rings is 1. The van der Waals surface area contributed by atoms with E-state index in [2.05, 4.69) is 10.0 Å². The van der Waals surface area contributed by atoms with Crippen molar-refractivity contribution in [3.63, 3.8) is 0 Å². The molecule has 0 heterocycles. The van der Waals surface area contributed by atoms with Gasteiger partial charge in [0, 0.05) is 17.6 Å². The Bertz CT molecular complexity index is 600. The molecule has 0 bridgehead atoms. The van der Waals surface area contributed by atoms with E-state index < -0.39 is 6.04 Å². The first-order valence-electron chi connectivity index (χ1n) is 8.41. The van der Waals surface area contributed by atoms with Gasteiger partial charge in [-0.25, -0.2) is 0 Å². The standard InChI is InChI=1S/C18H24N2O4S/c1-12(2)17(22)19-16(18(23)20-25-15-7-8-15)11-13-3-5-14(6-4-13)24-10-9-21/h3-6,9,12,15-16H,7-8,10-11H2,1-2H3,(H,19,22)(H,20,23)/t16-/m0/s1. The number of aldehydes is 1. The van der Waals surface area contributed by atoms with E-state index in [4.69, 9.17) is 4.74 Å². The molecule has 1 atom stereocenters. The van der Waals surface area contributed by atoms with E-state index in [-0.39, 0.29) is 24.3 Å². The van der Waals surface area contributed by atoms with Gasteiger partial charge in [-0.3, -0.25) is 19.1 Å². The first-order valence-corrected chi connectivity index (χ1v) is 9.28. The summed E-state index contributed by atoms with van der Waals surface area (Å²) in [6.45, 7) is 3.60. The Morgan fingerprint density at radius 2 is 1.92 bits per heavy atom. The smallest absolute Gasteiger partial charge is 0.252 e. The summed E-state index contributed by atoms with van der Waals surface area (Å²) in [5.41, 5.74) is 0.902. The molecule has 0 unspecified atom stereocenters. The predicted molar refractivity (Wildman–Crippen MR) is 97.2 cm³/mol. The molecule has 0 aromatic heterocycles. The second kappa shape index (κ2) is 9.46. The van der Waals surface area contributed by atoms with Gasteiger partial charge in [-0.15, -0.1) is 0 Å². The molecular weight excluding hydrogens is 340 g/mol. The zero-order chi connectivity index (χ0) is 18.2. The Balaban J connectivity index is 1.98. The summed E-state index contributed by atoms with van der Waals surface area (Å²) in [6.07, 6.45) is 3.32. The van der Waals surface area contributed by atoms with Crippen LogP contribution in [0.3, 0.4) is 0 Å². The van der Waals surface area contributed by atoms with Crippen molar-refractivity contribution in [3.8, 4) is 5.75 Å². The number of hydrogen-bond acceptors (Lipinski definition) is 5. The Kier molecular flexibility index (Phi) is 7.31. The molecule has 0 saturated heterocycles. The van der Waals surface area contributed by atoms with Crippen LogP contribution in [0.2, 0.25) is 0 Å². The molecule has 2 N–H and O–H groups in total.